The van der Waals surface area contributed by atoms with Crippen LogP contribution in [0, 0.1) is 22.7 Å². The second-order valence-corrected chi connectivity index (χ2v) is 18.5. The third-order valence-corrected chi connectivity index (χ3v) is 15.6. The topological polar surface area (TPSA) is 47.9 Å². The Bertz CT molecular complexity index is 2740. The highest BCUT2D eigenvalue weighted by atomic mass is 16.5. The Morgan fingerprint density at radius 1 is 0.526 bits per heavy atom. The van der Waals surface area contributed by atoms with Crippen LogP contribution in [0.3, 0.4) is 0 Å². The van der Waals surface area contributed by atoms with Crippen molar-refractivity contribution in [3.05, 3.63) is 174 Å². The summed E-state index contributed by atoms with van der Waals surface area (Å²) in [4.78, 5) is 16.1. The van der Waals surface area contributed by atoms with Gasteiger partial charge in [-0.1, -0.05) is 142 Å². The summed E-state index contributed by atoms with van der Waals surface area (Å²) in [5.74, 6) is 5.82. The molecule has 1 spiro atoms. The van der Waals surface area contributed by atoms with Crippen molar-refractivity contribution in [3.63, 3.8) is 0 Å². The number of para-hydroxylation sites is 2. The Morgan fingerprint density at radius 3 is 1.91 bits per heavy atom. The number of ether oxygens (including phenoxy) is 1. The molecule has 0 N–H and O–H groups in total. The zero-order chi connectivity index (χ0) is 38.1. The van der Waals surface area contributed by atoms with Gasteiger partial charge >= 0.3 is 0 Å². The van der Waals surface area contributed by atoms with E-state index < -0.39 is 5.41 Å². The zero-order valence-electron chi connectivity index (χ0n) is 32.8. The summed E-state index contributed by atoms with van der Waals surface area (Å²) in [6.45, 7) is 7.63. The molecule has 0 amide bonds. The Balaban J connectivity index is 1.00. The van der Waals surface area contributed by atoms with Crippen LogP contribution in [0.1, 0.15) is 81.0 Å². The van der Waals surface area contributed by atoms with Gasteiger partial charge in [0.15, 0.2) is 11.6 Å². The predicted molar refractivity (Wildman–Crippen MR) is 227 cm³/mol. The molecule has 3 bridgehead atoms. The van der Waals surface area contributed by atoms with Gasteiger partial charge in [0.05, 0.1) is 5.41 Å². The molecule has 4 aliphatic carbocycles. The maximum atomic E-state index is 6.55. The molecule has 4 atom stereocenters. The van der Waals surface area contributed by atoms with E-state index in [-0.39, 0.29) is 10.8 Å². The lowest BCUT2D eigenvalue weighted by atomic mass is 9.46. The molecular weight excluding hydrogens is 695 g/mol. The predicted octanol–water partition coefficient (Wildman–Crippen LogP) is 12.8. The van der Waals surface area contributed by atoms with Gasteiger partial charge in [0.1, 0.15) is 17.3 Å². The van der Waals surface area contributed by atoms with Crippen LogP contribution in [-0.2, 0) is 10.8 Å². The quantitative estimate of drug-likeness (QED) is 0.180. The summed E-state index contributed by atoms with van der Waals surface area (Å²) in [7, 11) is 0. The SMILES string of the molecule is CC1(C)[C@@H]2CC3(c4nc(-c5ccccc5)nc(-c5cccc(-c6ccc7c(c6)-c6ccccc6C76c7ccccc7Oc7ccccc76)c5)n4)CC2CC[C@]1(C)C3. The second-order valence-electron chi connectivity index (χ2n) is 18.5. The molecule has 0 radical (unpaired) electrons. The molecule has 2 unspecified atom stereocenters. The molecule has 2 heterocycles. The smallest absolute Gasteiger partial charge is 0.163 e. The molecule has 1 aromatic heterocycles. The molecule has 7 aromatic rings. The maximum absolute atomic E-state index is 6.55. The van der Waals surface area contributed by atoms with Gasteiger partial charge in [-0.05, 0) is 112 Å². The Labute approximate surface area is 335 Å². The molecule has 0 saturated heterocycles. The number of fused-ring (bicyclic) bond motifs is 11. The minimum absolute atomic E-state index is 0.0142. The molecule has 3 fully saturated rings. The van der Waals surface area contributed by atoms with E-state index in [2.05, 4.69) is 166 Å². The maximum Gasteiger partial charge on any atom is 0.163 e. The standard InChI is InChI=1S/C53H45N3O/c1-50(2)44-31-52(30-37(44)26-27-51(50,3)32-52)49-55-47(33-14-5-4-6-15-33)54-48(56-49)36-17-13-16-34(28-36)35-24-25-41-39(29-35)38-18-7-8-19-40(38)53(41)42-20-9-11-22-45(42)57-46-23-12-10-21-43(46)53/h4-25,28-29,37,44H,26-27,30-32H2,1-3H3/t37?,44-,51-,52?/m1/s1. The van der Waals surface area contributed by atoms with Gasteiger partial charge < -0.3 is 4.74 Å². The summed E-state index contributed by atoms with van der Waals surface area (Å²) < 4.78 is 6.55. The van der Waals surface area contributed by atoms with Gasteiger partial charge in [-0.3, -0.25) is 0 Å². The highest BCUT2D eigenvalue weighted by Crippen LogP contribution is 2.73. The Morgan fingerprint density at radius 2 is 1.14 bits per heavy atom. The van der Waals surface area contributed by atoms with Crippen molar-refractivity contribution in [2.75, 3.05) is 0 Å². The first-order valence-electron chi connectivity index (χ1n) is 20.8. The van der Waals surface area contributed by atoms with Crippen molar-refractivity contribution in [3.8, 4) is 56.5 Å². The number of benzene rings is 6. The fourth-order valence-corrected chi connectivity index (χ4v) is 12.5. The van der Waals surface area contributed by atoms with E-state index in [9.17, 15) is 0 Å². The van der Waals surface area contributed by atoms with Crippen LogP contribution < -0.4 is 4.74 Å². The van der Waals surface area contributed by atoms with Crippen molar-refractivity contribution in [1.82, 2.24) is 15.0 Å². The summed E-state index contributed by atoms with van der Waals surface area (Å²) in [5, 5.41) is 0. The number of hydrogen-bond acceptors (Lipinski definition) is 4. The average Bonchev–Trinajstić information content (AvgIpc) is 3.70. The first-order chi connectivity index (χ1) is 27.8. The summed E-state index contributed by atoms with van der Waals surface area (Å²) in [6, 6.07) is 52.5. The molecule has 12 rings (SSSR count). The lowest BCUT2D eigenvalue weighted by Gasteiger charge is -2.58. The van der Waals surface area contributed by atoms with E-state index in [4.69, 9.17) is 19.7 Å². The van der Waals surface area contributed by atoms with E-state index in [1.165, 1.54) is 64.6 Å². The number of aromatic nitrogens is 3. The Kier molecular flexibility index (Phi) is 6.77. The first-order valence-corrected chi connectivity index (χ1v) is 20.8. The van der Waals surface area contributed by atoms with Gasteiger partial charge in [-0.15, -0.1) is 0 Å². The van der Waals surface area contributed by atoms with Crippen molar-refractivity contribution in [1.29, 1.82) is 0 Å². The van der Waals surface area contributed by atoms with Crippen LogP contribution in [-0.4, -0.2) is 15.0 Å². The Hall–Kier alpha value is -5.87. The van der Waals surface area contributed by atoms with E-state index in [1.54, 1.807) is 0 Å². The van der Waals surface area contributed by atoms with Crippen LogP contribution in [0.2, 0.25) is 0 Å². The van der Waals surface area contributed by atoms with Gasteiger partial charge in [0, 0.05) is 27.7 Å². The lowest BCUT2D eigenvalue weighted by molar-refractivity contribution is -0.0781. The molecule has 5 aliphatic rings. The molecule has 57 heavy (non-hydrogen) atoms. The lowest BCUT2D eigenvalue weighted by Crippen LogP contribution is -2.51. The van der Waals surface area contributed by atoms with Gasteiger partial charge in [0.2, 0.25) is 0 Å². The molecule has 278 valence electrons. The van der Waals surface area contributed by atoms with Crippen LogP contribution >= 0.6 is 0 Å². The van der Waals surface area contributed by atoms with Crippen LogP contribution in [0.25, 0.3) is 45.0 Å². The van der Waals surface area contributed by atoms with E-state index >= 15 is 0 Å². The van der Waals surface area contributed by atoms with Crippen molar-refractivity contribution in [2.45, 2.75) is 63.7 Å². The molecule has 1 aliphatic heterocycles. The summed E-state index contributed by atoms with van der Waals surface area (Å²) >= 11 is 0. The summed E-state index contributed by atoms with van der Waals surface area (Å²) in [5.41, 5.74) is 12.0. The van der Waals surface area contributed by atoms with Crippen molar-refractivity contribution >= 4 is 0 Å². The highest BCUT2D eigenvalue weighted by Gasteiger charge is 2.66. The molecular formula is C53H45N3O. The van der Waals surface area contributed by atoms with E-state index in [0.717, 1.165) is 58.0 Å². The average molecular weight is 740 g/mol. The van der Waals surface area contributed by atoms with Gasteiger partial charge in [0.25, 0.3) is 0 Å². The fraction of sp³-hybridized carbons (Fsp3) is 0.264. The largest absolute Gasteiger partial charge is 0.457 e. The third-order valence-electron chi connectivity index (χ3n) is 15.6. The normalized spacial score (nSPS) is 25.0. The van der Waals surface area contributed by atoms with Gasteiger partial charge in [-0.25, -0.2) is 15.0 Å². The first kappa shape index (κ1) is 33.3. The minimum Gasteiger partial charge on any atom is -0.457 e. The summed E-state index contributed by atoms with van der Waals surface area (Å²) in [6.07, 6.45) is 6.15. The number of rotatable bonds is 4. The third kappa shape index (κ3) is 4.47. The van der Waals surface area contributed by atoms with E-state index in [1.807, 2.05) is 0 Å². The number of hydrogen-bond donors (Lipinski definition) is 0. The van der Waals surface area contributed by atoms with Crippen LogP contribution in [0.4, 0.5) is 0 Å². The van der Waals surface area contributed by atoms with Crippen molar-refractivity contribution in [2.24, 2.45) is 22.7 Å². The number of nitrogens with zero attached hydrogens (tertiary/aromatic N) is 3. The van der Waals surface area contributed by atoms with Gasteiger partial charge in [-0.2, -0.15) is 0 Å². The molecule has 4 heteroatoms. The zero-order valence-corrected chi connectivity index (χ0v) is 32.8. The minimum atomic E-state index is -0.476. The molecule has 3 saturated carbocycles. The highest BCUT2D eigenvalue weighted by molar-refractivity contribution is 5.91. The van der Waals surface area contributed by atoms with Crippen LogP contribution in [0.5, 0.6) is 11.5 Å². The van der Waals surface area contributed by atoms with E-state index in [0.29, 0.717) is 11.3 Å². The monoisotopic (exact) mass is 739 g/mol. The van der Waals surface area contributed by atoms with Crippen molar-refractivity contribution < 1.29 is 4.74 Å². The van der Waals surface area contributed by atoms with Crippen LogP contribution in [0.15, 0.2) is 146 Å². The second kappa shape index (κ2) is 11.6. The molecule has 4 nitrogen and oxygen atoms in total. The fourth-order valence-electron chi connectivity index (χ4n) is 12.5. The molecule has 6 aromatic carbocycles.